The summed E-state index contributed by atoms with van der Waals surface area (Å²) in [7, 11) is 0. The van der Waals surface area contributed by atoms with Gasteiger partial charge in [0.05, 0.1) is 6.20 Å². The number of likely N-dealkylation sites (tertiary alicyclic amines) is 1. The normalized spacial score (nSPS) is 17.3. The number of carbonyl (C=O) groups is 1. The van der Waals surface area contributed by atoms with Crippen LogP contribution in [0, 0.1) is 5.41 Å². The van der Waals surface area contributed by atoms with Gasteiger partial charge in [-0.2, -0.15) is 0 Å². The van der Waals surface area contributed by atoms with E-state index in [4.69, 9.17) is 4.74 Å². The summed E-state index contributed by atoms with van der Waals surface area (Å²) in [4.78, 5) is 22.1. The maximum Gasteiger partial charge on any atom is 0.232 e. The molecule has 1 aliphatic rings. The lowest BCUT2D eigenvalue weighted by Crippen LogP contribution is -2.46. The van der Waals surface area contributed by atoms with Gasteiger partial charge in [-0.25, -0.2) is 4.98 Å². The van der Waals surface area contributed by atoms with Crippen molar-refractivity contribution in [2.24, 2.45) is 5.41 Å². The predicted molar refractivity (Wildman–Crippen MR) is 71.7 cm³/mol. The van der Waals surface area contributed by atoms with Crippen LogP contribution in [-0.2, 0) is 4.79 Å². The van der Waals surface area contributed by atoms with Gasteiger partial charge in [0.25, 0.3) is 0 Å². The van der Waals surface area contributed by atoms with Crippen molar-refractivity contribution in [2.45, 2.75) is 39.7 Å². The van der Waals surface area contributed by atoms with Crippen molar-refractivity contribution in [1.29, 1.82) is 0 Å². The highest BCUT2D eigenvalue weighted by Crippen LogP contribution is 2.22. The molecule has 104 valence electrons. The first-order chi connectivity index (χ1) is 8.97. The molecule has 2 rings (SSSR count). The molecule has 0 spiro atoms. The van der Waals surface area contributed by atoms with Gasteiger partial charge in [-0.15, -0.1) is 0 Å². The highest BCUT2D eigenvalue weighted by molar-refractivity contribution is 5.81. The van der Waals surface area contributed by atoms with Crippen LogP contribution in [0.1, 0.15) is 33.6 Å². The van der Waals surface area contributed by atoms with Gasteiger partial charge in [0.2, 0.25) is 11.8 Å². The molecular formula is C14H21N3O2. The summed E-state index contributed by atoms with van der Waals surface area (Å²) in [6.45, 7) is 7.37. The quantitative estimate of drug-likeness (QED) is 0.817. The van der Waals surface area contributed by atoms with Crippen molar-refractivity contribution >= 4 is 5.91 Å². The van der Waals surface area contributed by atoms with Crippen LogP contribution < -0.4 is 4.74 Å². The number of hydrogen-bond donors (Lipinski definition) is 0. The van der Waals surface area contributed by atoms with E-state index < -0.39 is 0 Å². The van der Waals surface area contributed by atoms with Crippen LogP contribution in [0.3, 0.4) is 0 Å². The molecule has 0 radical (unpaired) electrons. The lowest BCUT2D eigenvalue weighted by atomic mass is 9.93. The van der Waals surface area contributed by atoms with Crippen LogP contribution in [0.2, 0.25) is 0 Å². The van der Waals surface area contributed by atoms with Gasteiger partial charge in [-0.3, -0.25) is 9.78 Å². The fourth-order valence-electron chi connectivity index (χ4n) is 2.17. The maximum absolute atomic E-state index is 12.1. The molecule has 0 unspecified atom stereocenters. The fraction of sp³-hybridized carbons (Fsp3) is 0.643. The zero-order valence-electron chi connectivity index (χ0n) is 11.8. The average Bonchev–Trinajstić information content (AvgIpc) is 2.39. The van der Waals surface area contributed by atoms with E-state index in [1.807, 2.05) is 25.7 Å². The van der Waals surface area contributed by atoms with Crippen molar-refractivity contribution < 1.29 is 9.53 Å². The Labute approximate surface area is 114 Å². The Kier molecular flexibility index (Phi) is 4.02. The minimum Gasteiger partial charge on any atom is -0.473 e. The summed E-state index contributed by atoms with van der Waals surface area (Å²) >= 11 is 0. The topological polar surface area (TPSA) is 55.3 Å². The summed E-state index contributed by atoms with van der Waals surface area (Å²) in [6, 6.07) is 0. The van der Waals surface area contributed by atoms with Crippen molar-refractivity contribution in [3.8, 4) is 5.88 Å². The van der Waals surface area contributed by atoms with Crippen LogP contribution in [0.4, 0.5) is 0 Å². The van der Waals surface area contributed by atoms with Gasteiger partial charge >= 0.3 is 0 Å². The molecule has 0 aromatic carbocycles. The van der Waals surface area contributed by atoms with Crippen LogP contribution >= 0.6 is 0 Å². The number of aromatic nitrogens is 2. The number of carbonyl (C=O) groups excluding carboxylic acids is 1. The van der Waals surface area contributed by atoms with E-state index in [9.17, 15) is 4.79 Å². The van der Waals surface area contributed by atoms with Crippen molar-refractivity contribution in [1.82, 2.24) is 14.9 Å². The molecule has 5 nitrogen and oxygen atoms in total. The van der Waals surface area contributed by atoms with Crippen molar-refractivity contribution in [2.75, 3.05) is 13.1 Å². The first kappa shape index (κ1) is 13.8. The molecule has 19 heavy (non-hydrogen) atoms. The monoisotopic (exact) mass is 263 g/mol. The van der Waals surface area contributed by atoms with E-state index in [0.29, 0.717) is 5.88 Å². The highest BCUT2D eigenvalue weighted by atomic mass is 16.5. The molecule has 1 aromatic rings. The lowest BCUT2D eigenvalue weighted by molar-refractivity contribution is -0.141. The number of piperidine rings is 1. The number of amides is 1. The van der Waals surface area contributed by atoms with Crippen molar-refractivity contribution in [3.05, 3.63) is 18.6 Å². The standard InChI is InChI=1S/C14H21N3O2/c1-14(2,3)13(18)17-8-4-11(5-9-17)19-12-10-15-6-7-16-12/h6-7,10-11H,4-5,8-9H2,1-3H3. The molecule has 1 aliphatic heterocycles. The molecule has 0 atom stereocenters. The second kappa shape index (κ2) is 5.55. The average molecular weight is 263 g/mol. The molecule has 0 bridgehead atoms. The number of ether oxygens (including phenoxy) is 1. The molecule has 5 heteroatoms. The second-order valence-electron chi connectivity index (χ2n) is 5.90. The first-order valence-electron chi connectivity index (χ1n) is 6.69. The van der Waals surface area contributed by atoms with Gasteiger partial charge in [0.15, 0.2) is 0 Å². The van der Waals surface area contributed by atoms with Gasteiger partial charge in [0, 0.05) is 43.7 Å². The number of hydrogen-bond acceptors (Lipinski definition) is 4. The molecule has 1 fully saturated rings. The van der Waals surface area contributed by atoms with Crippen molar-refractivity contribution in [3.63, 3.8) is 0 Å². The second-order valence-corrected chi connectivity index (χ2v) is 5.90. The van der Waals surface area contributed by atoms with Crippen LogP contribution in [0.15, 0.2) is 18.6 Å². The summed E-state index contributed by atoms with van der Waals surface area (Å²) < 4.78 is 5.76. The number of nitrogens with zero attached hydrogens (tertiary/aromatic N) is 3. The smallest absolute Gasteiger partial charge is 0.232 e. The largest absolute Gasteiger partial charge is 0.473 e. The van der Waals surface area contributed by atoms with Gasteiger partial charge in [-0.05, 0) is 0 Å². The molecule has 0 aliphatic carbocycles. The zero-order valence-corrected chi connectivity index (χ0v) is 11.8. The van der Waals surface area contributed by atoms with Crippen LogP contribution in [-0.4, -0.2) is 40.0 Å². The van der Waals surface area contributed by atoms with E-state index >= 15 is 0 Å². The highest BCUT2D eigenvalue weighted by Gasteiger charge is 2.30. The summed E-state index contributed by atoms with van der Waals surface area (Å²) in [5.74, 6) is 0.772. The SMILES string of the molecule is CC(C)(C)C(=O)N1CCC(Oc2cnccn2)CC1. The third-order valence-corrected chi connectivity index (χ3v) is 3.20. The predicted octanol–water partition coefficient (Wildman–Crippen LogP) is 1.89. The summed E-state index contributed by atoms with van der Waals surface area (Å²) in [5.41, 5.74) is -0.307. The molecule has 1 saturated heterocycles. The maximum atomic E-state index is 12.1. The number of rotatable bonds is 2. The minimum absolute atomic E-state index is 0.126. The summed E-state index contributed by atoms with van der Waals surface area (Å²) in [5, 5.41) is 0. The van der Waals surface area contributed by atoms with E-state index in [1.165, 1.54) is 0 Å². The van der Waals surface area contributed by atoms with Gasteiger partial charge in [-0.1, -0.05) is 20.8 Å². The Morgan fingerprint density at radius 1 is 1.32 bits per heavy atom. The Morgan fingerprint density at radius 3 is 2.53 bits per heavy atom. The fourth-order valence-corrected chi connectivity index (χ4v) is 2.17. The minimum atomic E-state index is -0.307. The van der Waals surface area contributed by atoms with E-state index in [0.717, 1.165) is 25.9 Å². The van der Waals surface area contributed by atoms with Gasteiger partial charge < -0.3 is 9.64 Å². The van der Waals surface area contributed by atoms with E-state index in [2.05, 4.69) is 9.97 Å². The molecule has 0 saturated carbocycles. The Morgan fingerprint density at radius 2 is 2.00 bits per heavy atom. The Balaban J connectivity index is 1.85. The van der Waals surface area contributed by atoms with E-state index in [-0.39, 0.29) is 17.4 Å². The third kappa shape index (κ3) is 3.66. The van der Waals surface area contributed by atoms with Gasteiger partial charge in [0.1, 0.15) is 6.10 Å². The molecular weight excluding hydrogens is 242 g/mol. The first-order valence-corrected chi connectivity index (χ1v) is 6.69. The van der Waals surface area contributed by atoms with Crippen LogP contribution in [0.25, 0.3) is 0 Å². The van der Waals surface area contributed by atoms with Crippen LogP contribution in [0.5, 0.6) is 5.88 Å². The lowest BCUT2D eigenvalue weighted by Gasteiger charge is -2.35. The molecule has 0 N–H and O–H groups in total. The Bertz CT molecular complexity index is 420. The zero-order chi connectivity index (χ0) is 13.9. The Hall–Kier alpha value is -1.65. The van der Waals surface area contributed by atoms with E-state index in [1.54, 1.807) is 18.6 Å². The molecule has 1 amide bonds. The molecule has 2 heterocycles. The summed E-state index contributed by atoms with van der Waals surface area (Å²) in [6.07, 6.45) is 6.68. The third-order valence-electron chi connectivity index (χ3n) is 3.20. The molecule has 1 aromatic heterocycles.